The van der Waals surface area contributed by atoms with Crippen LogP contribution in [-0.4, -0.2) is 38.8 Å². The van der Waals surface area contributed by atoms with Gasteiger partial charge in [0.05, 0.1) is 6.20 Å². The maximum Gasteiger partial charge on any atom is 0.331 e. The summed E-state index contributed by atoms with van der Waals surface area (Å²) in [5, 5.41) is 17.7. The number of carboxylic acids is 1. The number of aliphatic carboxylic acids is 1. The number of urea groups is 1. The van der Waals surface area contributed by atoms with Gasteiger partial charge in [0.25, 0.3) is 0 Å². The third kappa shape index (κ3) is 4.59. The van der Waals surface area contributed by atoms with E-state index in [0.29, 0.717) is 5.56 Å². The second-order valence-electron chi connectivity index (χ2n) is 4.41. The van der Waals surface area contributed by atoms with Crippen LogP contribution >= 0.6 is 0 Å². The maximum atomic E-state index is 11.7. The minimum absolute atomic E-state index is 0.0297. The van der Waals surface area contributed by atoms with Crippen LogP contribution < -0.4 is 16.4 Å². The van der Waals surface area contributed by atoms with E-state index >= 15 is 0 Å². The normalized spacial score (nSPS) is 13.3. The molecule has 9 nitrogen and oxygen atoms in total. The average Bonchev–Trinajstić information content (AvgIpc) is 2.70. The average molecular weight is 283 g/mol. The third-order valence-electron chi connectivity index (χ3n) is 2.47. The molecule has 5 N–H and O–H groups in total. The molecule has 2 atom stereocenters. The molecular weight excluding hydrogens is 266 g/mol. The number of nitrogens with zero attached hydrogens (tertiary/aromatic N) is 2. The van der Waals surface area contributed by atoms with Crippen LogP contribution in [0, 0.1) is 0 Å². The highest BCUT2D eigenvalue weighted by molar-refractivity contribution is 5.84. The zero-order valence-corrected chi connectivity index (χ0v) is 11.2. The van der Waals surface area contributed by atoms with Crippen LogP contribution in [0.4, 0.5) is 4.79 Å². The molecule has 0 spiro atoms. The number of carbonyl (C=O) groups excluding carboxylic acids is 2. The lowest BCUT2D eigenvalue weighted by Crippen LogP contribution is -2.45. The molecular formula is C11H17N5O4. The molecule has 0 radical (unpaired) electrons. The first-order valence-electron chi connectivity index (χ1n) is 5.86. The first kappa shape index (κ1) is 15.5. The van der Waals surface area contributed by atoms with Crippen molar-refractivity contribution in [3.63, 3.8) is 0 Å². The summed E-state index contributed by atoms with van der Waals surface area (Å²) >= 11 is 0. The number of carboxylic acid groups (broad SMARTS) is 1. The second kappa shape index (κ2) is 6.55. The fourth-order valence-electron chi connectivity index (χ4n) is 1.63. The third-order valence-corrected chi connectivity index (χ3v) is 2.47. The van der Waals surface area contributed by atoms with Crippen molar-refractivity contribution in [2.45, 2.75) is 25.4 Å². The van der Waals surface area contributed by atoms with Gasteiger partial charge >= 0.3 is 12.0 Å². The number of carbonyl (C=O) groups is 3. The Morgan fingerprint density at radius 2 is 2.10 bits per heavy atom. The van der Waals surface area contributed by atoms with Crippen LogP contribution in [0.15, 0.2) is 12.4 Å². The van der Waals surface area contributed by atoms with Crippen molar-refractivity contribution in [2.24, 2.45) is 12.8 Å². The van der Waals surface area contributed by atoms with Gasteiger partial charge in [-0.1, -0.05) is 0 Å². The smallest absolute Gasteiger partial charge is 0.331 e. The second-order valence-corrected chi connectivity index (χ2v) is 4.41. The Hall–Kier alpha value is -2.58. The lowest BCUT2D eigenvalue weighted by molar-refractivity contribution is -0.139. The molecule has 0 aromatic carbocycles. The van der Waals surface area contributed by atoms with E-state index in [4.69, 9.17) is 10.8 Å². The molecule has 110 valence electrons. The van der Waals surface area contributed by atoms with Crippen molar-refractivity contribution in [1.29, 1.82) is 0 Å². The molecule has 0 aliphatic heterocycles. The van der Waals surface area contributed by atoms with E-state index in [1.165, 1.54) is 17.1 Å². The van der Waals surface area contributed by atoms with Gasteiger partial charge in [-0.25, -0.2) is 9.59 Å². The molecule has 2 unspecified atom stereocenters. The quantitative estimate of drug-likeness (QED) is 0.536. The van der Waals surface area contributed by atoms with E-state index in [-0.39, 0.29) is 6.42 Å². The van der Waals surface area contributed by atoms with Crippen LogP contribution in [0.25, 0.3) is 0 Å². The molecule has 3 amide bonds. The minimum atomic E-state index is -1.22. The van der Waals surface area contributed by atoms with E-state index in [1.807, 2.05) is 0 Å². The predicted molar refractivity (Wildman–Crippen MR) is 68.5 cm³/mol. The fraction of sp³-hybridized carbons (Fsp3) is 0.455. The number of nitrogens with one attached hydrogen (secondary N) is 2. The summed E-state index contributed by atoms with van der Waals surface area (Å²) in [6.45, 7) is 1.59. The number of hydrogen-bond donors (Lipinski definition) is 4. The van der Waals surface area contributed by atoms with Crippen LogP contribution in [0.2, 0.25) is 0 Å². The molecule has 0 saturated carbocycles. The van der Waals surface area contributed by atoms with Gasteiger partial charge in [-0.05, 0) is 6.92 Å². The van der Waals surface area contributed by atoms with E-state index in [2.05, 4.69) is 15.7 Å². The van der Waals surface area contributed by atoms with Gasteiger partial charge in [0.2, 0.25) is 5.91 Å². The highest BCUT2D eigenvalue weighted by Crippen LogP contribution is 2.11. The maximum absolute atomic E-state index is 11.7. The molecule has 1 aromatic heterocycles. The van der Waals surface area contributed by atoms with Crippen LogP contribution in [0.3, 0.4) is 0 Å². The Morgan fingerprint density at radius 1 is 1.45 bits per heavy atom. The standard InChI is InChI=1S/C11H17N5O4/c1-6(3-8(12)17)14-11(20)15-9(10(18)19)7-4-13-16(2)5-7/h4-6,9H,3H2,1-2H3,(H2,12,17)(H,18,19)(H2,14,15,20). The number of aromatic nitrogens is 2. The Balaban J connectivity index is 2.65. The molecule has 0 saturated heterocycles. The van der Waals surface area contributed by atoms with E-state index in [0.717, 1.165) is 0 Å². The van der Waals surface area contributed by atoms with Gasteiger partial charge in [-0.3, -0.25) is 9.48 Å². The molecule has 1 aromatic rings. The van der Waals surface area contributed by atoms with Gasteiger partial charge in [-0.2, -0.15) is 5.10 Å². The largest absolute Gasteiger partial charge is 0.479 e. The highest BCUT2D eigenvalue weighted by Gasteiger charge is 2.24. The van der Waals surface area contributed by atoms with Crippen molar-refractivity contribution in [3.05, 3.63) is 18.0 Å². The van der Waals surface area contributed by atoms with E-state index < -0.39 is 30.0 Å². The Labute approximate surface area is 115 Å². The summed E-state index contributed by atoms with van der Waals surface area (Å²) in [4.78, 5) is 33.5. The van der Waals surface area contributed by atoms with Crippen LogP contribution in [0.5, 0.6) is 0 Å². The molecule has 20 heavy (non-hydrogen) atoms. The molecule has 0 aliphatic rings. The summed E-state index contributed by atoms with van der Waals surface area (Å²) in [7, 11) is 1.64. The molecule has 0 fully saturated rings. The first-order chi connectivity index (χ1) is 9.29. The number of aryl methyl sites for hydroxylation is 1. The zero-order valence-electron chi connectivity index (χ0n) is 11.2. The number of hydrogen-bond acceptors (Lipinski definition) is 4. The molecule has 1 heterocycles. The van der Waals surface area contributed by atoms with Gasteiger partial charge in [0, 0.05) is 31.3 Å². The molecule has 9 heteroatoms. The first-order valence-corrected chi connectivity index (χ1v) is 5.86. The van der Waals surface area contributed by atoms with E-state index in [9.17, 15) is 14.4 Å². The number of primary amides is 1. The highest BCUT2D eigenvalue weighted by atomic mass is 16.4. The number of amides is 3. The summed E-state index contributed by atoms with van der Waals surface area (Å²) in [5.41, 5.74) is 5.34. The van der Waals surface area contributed by atoms with E-state index in [1.54, 1.807) is 14.0 Å². The number of nitrogens with two attached hydrogens (primary N) is 1. The Bertz CT molecular complexity index is 513. The van der Waals surface area contributed by atoms with Crippen molar-refractivity contribution in [3.8, 4) is 0 Å². The molecule has 0 bridgehead atoms. The van der Waals surface area contributed by atoms with Crippen LogP contribution in [-0.2, 0) is 16.6 Å². The fourth-order valence-corrected chi connectivity index (χ4v) is 1.63. The molecule has 0 aliphatic carbocycles. The topological polar surface area (TPSA) is 139 Å². The predicted octanol–water partition coefficient (Wildman–Crippen LogP) is -0.891. The lowest BCUT2D eigenvalue weighted by atomic mass is 10.1. The summed E-state index contributed by atoms with van der Waals surface area (Å²) in [6, 6.07) is -2.41. The minimum Gasteiger partial charge on any atom is -0.479 e. The Morgan fingerprint density at radius 3 is 2.55 bits per heavy atom. The Kier molecular flexibility index (Phi) is 5.07. The summed E-state index contributed by atoms with van der Waals surface area (Å²) in [5.74, 6) is -1.77. The van der Waals surface area contributed by atoms with Crippen molar-refractivity contribution in [1.82, 2.24) is 20.4 Å². The van der Waals surface area contributed by atoms with Gasteiger partial charge in [-0.15, -0.1) is 0 Å². The van der Waals surface area contributed by atoms with Crippen molar-refractivity contribution in [2.75, 3.05) is 0 Å². The van der Waals surface area contributed by atoms with Gasteiger partial charge < -0.3 is 21.5 Å². The number of rotatable bonds is 6. The zero-order chi connectivity index (χ0) is 15.3. The SMILES string of the molecule is CC(CC(N)=O)NC(=O)NC(C(=O)O)c1cnn(C)c1. The van der Waals surface area contributed by atoms with Gasteiger partial charge in [0.15, 0.2) is 6.04 Å². The summed E-state index contributed by atoms with van der Waals surface area (Å²) < 4.78 is 1.43. The lowest BCUT2D eigenvalue weighted by Gasteiger charge is -2.16. The van der Waals surface area contributed by atoms with Crippen LogP contribution in [0.1, 0.15) is 24.9 Å². The monoisotopic (exact) mass is 283 g/mol. The van der Waals surface area contributed by atoms with Gasteiger partial charge in [0.1, 0.15) is 0 Å². The summed E-state index contributed by atoms with van der Waals surface area (Å²) in [6.07, 6.45) is 2.82. The van der Waals surface area contributed by atoms with Crippen molar-refractivity contribution >= 4 is 17.9 Å². The van der Waals surface area contributed by atoms with Crippen molar-refractivity contribution < 1.29 is 19.5 Å². The molecule has 1 rings (SSSR count).